The van der Waals surface area contributed by atoms with Gasteiger partial charge in [0.05, 0.1) is 17.7 Å². The molecule has 0 aromatic heterocycles. The first kappa shape index (κ1) is 17.6. The Hall–Kier alpha value is -3.80. The van der Waals surface area contributed by atoms with Crippen molar-refractivity contribution in [3.63, 3.8) is 0 Å². The number of anilines is 1. The van der Waals surface area contributed by atoms with Gasteiger partial charge in [0.25, 0.3) is 17.7 Å². The second kappa shape index (κ2) is 7.08. The molecule has 0 unspecified atom stereocenters. The van der Waals surface area contributed by atoms with Crippen LogP contribution in [0.2, 0.25) is 0 Å². The molecule has 3 aromatic rings. The van der Waals surface area contributed by atoms with Crippen LogP contribution in [-0.4, -0.2) is 22.6 Å². The van der Waals surface area contributed by atoms with Crippen LogP contribution in [0, 0.1) is 5.82 Å². The van der Waals surface area contributed by atoms with Crippen molar-refractivity contribution in [1.82, 2.24) is 4.90 Å². The summed E-state index contributed by atoms with van der Waals surface area (Å²) in [5.41, 5.74) is 1.28. The Morgan fingerprint density at radius 1 is 0.821 bits per heavy atom. The van der Waals surface area contributed by atoms with E-state index in [4.69, 9.17) is 0 Å². The Bertz CT molecular complexity index is 1060. The molecule has 0 saturated heterocycles. The van der Waals surface area contributed by atoms with Crippen molar-refractivity contribution >= 4 is 23.4 Å². The first-order valence-corrected chi connectivity index (χ1v) is 8.65. The highest BCUT2D eigenvalue weighted by molar-refractivity contribution is 6.21. The quantitative estimate of drug-likeness (QED) is 0.705. The zero-order valence-electron chi connectivity index (χ0n) is 14.7. The smallest absolute Gasteiger partial charge is 0.261 e. The number of halogens is 1. The maximum Gasteiger partial charge on any atom is 0.261 e. The van der Waals surface area contributed by atoms with E-state index in [0.29, 0.717) is 16.7 Å². The Balaban J connectivity index is 1.64. The standard InChI is InChI=1S/C22H15FN2O3/c23-18-11-6-12-19(24-20(26)14-7-2-1-3-8-14)17(18)13-25-21(27)15-9-4-5-10-16(15)22(25)28/h1-12H,13H2,(H,24,26). The minimum atomic E-state index is -0.609. The highest BCUT2D eigenvalue weighted by Crippen LogP contribution is 2.28. The summed E-state index contributed by atoms with van der Waals surface area (Å²) in [4.78, 5) is 38.6. The van der Waals surface area contributed by atoms with Gasteiger partial charge in [-0.25, -0.2) is 4.39 Å². The number of nitrogens with zero attached hydrogens (tertiary/aromatic N) is 1. The lowest BCUT2D eigenvalue weighted by atomic mass is 10.1. The highest BCUT2D eigenvalue weighted by Gasteiger charge is 2.36. The molecule has 0 fully saturated rings. The molecule has 0 aliphatic carbocycles. The maximum absolute atomic E-state index is 14.5. The summed E-state index contributed by atoms with van der Waals surface area (Å²) < 4.78 is 14.5. The summed E-state index contributed by atoms with van der Waals surface area (Å²) in [7, 11) is 0. The molecule has 1 N–H and O–H groups in total. The van der Waals surface area contributed by atoms with Gasteiger partial charge >= 0.3 is 0 Å². The van der Waals surface area contributed by atoms with E-state index in [2.05, 4.69) is 5.32 Å². The van der Waals surface area contributed by atoms with E-state index < -0.39 is 23.5 Å². The minimum Gasteiger partial charge on any atom is -0.322 e. The lowest BCUT2D eigenvalue weighted by molar-refractivity contribution is 0.0641. The lowest BCUT2D eigenvalue weighted by Crippen LogP contribution is -2.30. The molecule has 3 amide bonds. The van der Waals surface area contributed by atoms with Crippen molar-refractivity contribution in [1.29, 1.82) is 0 Å². The van der Waals surface area contributed by atoms with E-state index in [1.54, 1.807) is 54.6 Å². The van der Waals surface area contributed by atoms with E-state index in [9.17, 15) is 18.8 Å². The summed E-state index contributed by atoms with van der Waals surface area (Å²) in [5, 5.41) is 2.66. The first-order chi connectivity index (χ1) is 13.6. The van der Waals surface area contributed by atoms with Crippen molar-refractivity contribution in [2.45, 2.75) is 6.54 Å². The van der Waals surface area contributed by atoms with Crippen LogP contribution in [0.3, 0.4) is 0 Å². The number of nitrogens with one attached hydrogen (secondary N) is 1. The van der Waals surface area contributed by atoms with Crippen molar-refractivity contribution in [3.8, 4) is 0 Å². The molecule has 1 aliphatic heterocycles. The van der Waals surface area contributed by atoms with Crippen LogP contribution >= 0.6 is 0 Å². The number of rotatable bonds is 4. The van der Waals surface area contributed by atoms with Gasteiger partial charge in [-0.3, -0.25) is 19.3 Å². The fraction of sp³-hybridized carbons (Fsp3) is 0.0455. The van der Waals surface area contributed by atoms with Crippen LogP contribution in [0.15, 0.2) is 72.8 Å². The molecule has 0 saturated carbocycles. The third-order valence-corrected chi connectivity index (χ3v) is 4.60. The number of carbonyl (C=O) groups is 3. The van der Waals surface area contributed by atoms with Crippen LogP contribution in [-0.2, 0) is 6.54 Å². The largest absolute Gasteiger partial charge is 0.322 e. The Morgan fingerprint density at radius 3 is 2.07 bits per heavy atom. The van der Waals surface area contributed by atoms with Gasteiger partial charge in [0.1, 0.15) is 5.82 Å². The molecule has 0 radical (unpaired) electrons. The summed E-state index contributed by atoms with van der Waals surface area (Å²) in [6, 6.07) is 19.2. The molecule has 3 aromatic carbocycles. The van der Waals surface area contributed by atoms with Gasteiger partial charge < -0.3 is 5.32 Å². The van der Waals surface area contributed by atoms with E-state index in [-0.39, 0.29) is 17.8 Å². The van der Waals surface area contributed by atoms with Gasteiger partial charge in [0.15, 0.2) is 0 Å². The Kier molecular flexibility index (Phi) is 4.45. The molecule has 6 heteroatoms. The molecule has 0 bridgehead atoms. The molecule has 1 heterocycles. The second-order valence-corrected chi connectivity index (χ2v) is 6.33. The van der Waals surface area contributed by atoms with Crippen LogP contribution in [0.5, 0.6) is 0 Å². The van der Waals surface area contributed by atoms with E-state index in [1.807, 2.05) is 0 Å². The average Bonchev–Trinajstić information content (AvgIpc) is 2.96. The predicted molar refractivity (Wildman–Crippen MR) is 101 cm³/mol. The van der Waals surface area contributed by atoms with Gasteiger partial charge in [-0.05, 0) is 36.4 Å². The van der Waals surface area contributed by atoms with Crippen LogP contribution < -0.4 is 5.32 Å². The van der Waals surface area contributed by atoms with Gasteiger partial charge in [-0.2, -0.15) is 0 Å². The number of benzene rings is 3. The molecular weight excluding hydrogens is 359 g/mol. The van der Waals surface area contributed by atoms with Gasteiger partial charge in [-0.15, -0.1) is 0 Å². The van der Waals surface area contributed by atoms with E-state index >= 15 is 0 Å². The van der Waals surface area contributed by atoms with Crippen molar-refractivity contribution < 1.29 is 18.8 Å². The summed E-state index contributed by atoms with van der Waals surface area (Å²) in [5.74, 6) is -1.98. The number of carbonyl (C=O) groups excluding carboxylic acids is 3. The molecule has 28 heavy (non-hydrogen) atoms. The maximum atomic E-state index is 14.5. The summed E-state index contributed by atoms with van der Waals surface area (Å²) >= 11 is 0. The normalized spacial score (nSPS) is 12.8. The SMILES string of the molecule is O=C(Nc1cccc(F)c1CN1C(=O)c2ccccc2C1=O)c1ccccc1. The zero-order chi connectivity index (χ0) is 19.7. The number of hydrogen-bond acceptors (Lipinski definition) is 3. The lowest BCUT2D eigenvalue weighted by Gasteiger charge is -2.18. The molecule has 138 valence electrons. The summed E-state index contributed by atoms with van der Waals surface area (Å²) in [6.07, 6.45) is 0. The van der Waals surface area contributed by atoms with Crippen molar-refractivity contribution in [2.75, 3.05) is 5.32 Å². The fourth-order valence-corrected chi connectivity index (χ4v) is 3.16. The van der Waals surface area contributed by atoms with Crippen LogP contribution in [0.4, 0.5) is 10.1 Å². The molecule has 0 atom stereocenters. The topological polar surface area (TPSA) is 66.5 Å². The third kappa shape index (κ3) is 3.05. The van der Waals surface area contributed by atoms with E-state index in [0.717, 1.165) is 4.90 Å². The first-order valence-electron chi connectivity index (χ1n) is 8.65. The number of imide groups is 1. The number of amides is 3. The molecule has 4 rings (SSSR count). The monoisotopic (exact) mass is 374 g/mol. The second-order valence-electron chi connectivity index (χ2n) is 6.33. The minimum absolute atomic E-state index is 0.0706. The average molecular weight is 374 g/mol. The van der Waals surface area contributed by atoms with Crippen molar-refractivity contribution in [2.24, 2.45) is 0 Å². The molecule has 5 nitrogen and oxygen atoms in total. The van der Waals surface area contributed by atoms with Gasteiger partial charge in [0, 0.05) is 16.8 Å². The van der Waals surface area contributed by atoms with Gasteiger partial charge in [-0.1, -0.05) is 36.4 Å². The molecule has 0 spiro atoms. The highest BCUT2D eigenvalue weighted by atomic mass is 19.1. The Morgan fingerprint density at radius 2 is 1.43 bits per heavy atom. The zero-order valence-corrected chi connectivity index (χ0v) is 14.7. The van der Waals surface area contributed by atoms with Gasteiger partial charge in [0.2, 0.25) is 0 Å². The molecule has 1 aliphatic rings. The van der Waals surface area contributed by atoms with Crippen LogP contribution in [0.1, 0.15) is 36.6 Å². The molecular formula is C22H15FN2O3. The number of hydrogen-bond donors (Lipinski definition) is 1. The van der Waals surface area contributed by atoms with E-state index in [1.165, 1.54) is 18.2 Å². The fourth-order valence-electron chi connectivity index (χ4n) is 3.16. The number of fused-ring (bicyclic) bond motifs is 1. The summed E-state index contributed by atoms with van der Waals surface area (Å²) in [6.45, 7) is -0.274. The van der Waals surface area contributed by atoms with Crippen molar-refractivity contribution in [3.05, 3.63) is 101 Å². The van der Waals surface area contributed by atoms with Crippen LogP contribution in [0.25, 0.3) is 0 Å². The predicted octanol–water partition coefficient (Wildman–Crippen LogP) is 3.87. The Labute approximate surface area is 160 Å². The third-order valence-electron chi connectivity index (χ3n) is 4.60.